The Morgan fingerprint density at radius 2 is 1.65 bits per heavy atom. The molecule has 124 valence electrons. The summed E-state index contributed by atoms with van der Waals surface area (Å²) in [6, 6.07) is 15.8. The zero-order chi connectivity index (χ0) is 16.7. The third kappa shape index (κ3) is 5.34. The molecule has 0 aliphatic heterocycles. The summed E-state index contributed by atoms with van der Waals surface area (Å²) in [7, 11) is 5.91. The van der Waals surface area contributed by atoms with Gasteiger partial charge in [0.05, 0.1) is 5.69 Å². The number of nitrogens with one attached hydrogen (secondary N) is 1. The first kappa shape index (κ1) is 17.4. The number of benzene rings is 2. The maximum Gasteiger partial charge on any atom is 0.146 e. The van der Waals surface area contributed by atoms with Gasteiger partial charge in [-0.2, -0.15) is 0 Å². The van der Waals surface area contributed by atoms with Crippen molar-refractivity contribution in [3.05, 3.63) is 65.5 Å². The van der Waals surface area contributed by atoms with Gasteiger partial charge in [0.25, 0.3) is 0 Å². The van der Waals surface area contributed by atoms with E-state index in [2.05, 4.69) is 41.5 Å². The van der Waals surface area contributed by atoms with Crippen LogP contribution in [0.3, 0.4) is 0 Å². The normalized spacial score (nSPS) is 11.0. The van der Waals surface area contributed by atoms with Gasteiger partial charge in [-0.15, -0.1) is 0 Å². The second-order valence-electron chi connectivity index (χ2n) is 5.97. The van der Waals surface area contributed by atoms with E-state index in [1.807, 2.05) is 37.2 Å². The molecule has 0 aliphatic carbocycles. The molecule has 2 rings (SSSR count). The van der Waals surface area contributed by atoms with Crippen molar-refractivity contribution in [2.75, 3.05) is 39.1 Å². The SMILES string of the molecule is CNCCN(C)c1cc(CN(C)Cc2ccccc2)ccc1F. The van der Waals surface area contributed by atoms with Crippen LogP contribution in [0.5, 0.6) is 0 Å². The van der Waals surface area contributed by atoms with Gasteiger partial charge in [-0.05, 0) is 37.4 Å². The van der Waals surface area contributed by atoms with Crippen LogP contribution >= 0.6 is 0 Å². The van der Waals surface area contributed by atoms with E-state index in [1.54, 1.807) is 6.07 Å². The monoisotopic (exact) mass is 315 g/mol. The predicted molar refractivity (Wildman–Crippen MR) is 95.2 cm³/mol. The lowest BCUT2D eigenvalue weighted by molar-refractivity contribution is 0.319. The number of anilines is 1. The first-order valence-electron chi connectivity index (χ1n) is 7.97. The van der Waals surface area contributed by atoms with Gasteiger partial charge in [0.1, 0.15) is 5.82 Å². The molecule has 0 atom stereocenters. The Morgan fingerprint density at radius 1 is 0.957 bits per heavy atom. The largest absolute Gasteiger partial charge is 0.371 e. The topological polar surface area (TPSA) is 18.5 Å². The zero-order valence-corrected chi connectivity index (χ0v) is 14.2. The summed E-state index contributed by atoms with van der Waals surface area (Å²) in [6.07, 6.45) is 0. The van der Waals surface area contributed by atoms with Crippen molar-refractivity contribution in [2.45, 2.75) is 13.1 Å². The van der Waals surface area contributed by atoms with Crippen LogP contribution in [-0.2, 0) is 13.1 Å². The van der Waals surface area contributed by atoms with Crippen molar-refractivity contribution < 1.29 is 4.39 Å². The molecular formula is C19H26FN3. The predicted octanol–water partition coefficient (Wildman–Crippen LogP) is 3.11. The van der Waals surface area contributed by atoms with Crippen molar-refractivity contribution in [1.82, 2.24) is 10.2 Å². The molecule has 3 nitrogen and oxygen atoms in total. The van der Waals surface area contributed by atoms with Crippen molar-refractivity contribution in [3.8, 4) is 0 Å². The summed E-state index contributed by atoms with van der Waals surface area (Å²) in [5.41, 5.74) is 3.06. The van der Waals surface area contributed by atoms with Gasteiger partial charge in [0.15, 0.2) is 0 Å². The summed E-state index contributed by atoms with van der Waals surface area (Å²) in [5, 5.41) is 3.09. The Kier molecular flexibility index (Phi) is 6.56. The Bertz CT molecular complexity index is 601. The Balaban J connectivity index is 2.02. The van der Waals surface area contributed by atoms with E-state index in [1.165, 1.54) is 5.56 Å². The van der Waals surface area contributed by atoms with Gasteiger partial charge in [-0.3, -0.25) is 4.90 Å². The molecular weight excluding hydrogens is 289 g/mol. The average Bonchev–Trinajstić information content (AvgIpc) is 2.55. The molecule has 0 radical (unpaired) electrons. The van der Waals surface area contributed by atoms with Crippen LogP contribution in [-0.4, -0.2) is 39.1 Å². The number of hydrogen-bond donors (Lipinski definition) is 1. The van der Waals surface area contributed by atoms with E-state index in [-0.39, 0.29) is 5.82 Å². The molecule has 0 amide bonds. The summed E-state index contributed by atoms with van der Waals surface area (Å²) in [4.78, 5) is 4.19. The van der Waals surface area contributed by atoms with E-state index in [4.69, 9.17) is 0 Å². The number of halogens is 1. The van der Waals surface area contributed by atoms with Crippen LogP contribution in [0.4, 0.5) is 10.1 Å². The fourth-order valence-corrected chi connectivity index (χ4v) is 2.61. The first-order chi connectivity index (χ1) is 11.1. The van der Waals surface area contributed by atoms with E-state index >= 15 is 0 Å². The van der Waals surface area contributed by atoms with Crippen LogP contribution in [0, 0.1) is 5.82 Å². The number of rotatable bonds is 8. The highest BCUT2D eigenvalue weighted by molar-refractivity contribution is 5.49. The molecule has 0 unspecified atom stereocenters. The Labute approximate surface area is 138 Å². The maximum absolute atomic E-state index is 14.1. The third-order valence-corrected chi connectivity index (χ3v) is 3.87. The molecule has 0 saturated heterocycles. The summed E-state index contributed by atoms with van der Waals surface area (Å²) >= 11 is 0. The molecule has 0 spiro atoms. The summed E-state index contributed by atoms with van der Waals surface area (Å²) < 4.78 is 14.1. The molecule has 0 saturated carbocycles. The lowest BCUT2D eigenvalue weighted by Crippen LogP contribution is -2.28. The van der Waals surface area contributed by atoms with Gasteiger partial charge in [-0.1, -0.05) is 36.4 Å². The van der Waals surface area contributed by atoms with Gasteiger partial charge in [0, 0.05) is 33.2 Å². The lowest BCUT2D eigenvalue weighted by Gasteiger charge is -2.22. The minimum absolute atomic E-state index is 0.168. The lowest BCUT2D eigenvalue weighted by atomic mass is 10.1. The fraction of sp³-hybridized carbons (Fsp3) is 0.368. The molecule has 2 aromatic carbocycles. The van der Waals surface area contributed by atoms with Crippen LogP contribution in [0.15, 0.2) is 48.5 Å². The molecule has 0 aromatic heterocycles. The van der Waals surface area contributed by atoms with E-state index in [0.717, 1.165) is 31.7 Å². The third-order valence-electron chi connectivity index (χ3n) is 3.87. The van der Waals surface area contributed by atoms with E-state index in [9.17, 15) is 4.39 Å². The first-order valence-corrected chi connectivity index (χ1v) is 7.97. The van der Waals surface area contributed by atoms with Crippen molar-refractivity contribution >= 4 is 5.69 Å². The van der Waals surface area contributed by atoms with Gasteiger partial charge < -0.3 is 10.2 Å². The molecule has 1 N–H and O–H groups in total. The molecule has 0 fully saturated rings. The van der Waals surface area contributed by atoms with Crippen molar-refractivity contribution in [1.29, 1.82) is 0 Å². The fourth-order valence-electron chi connectivity index (χ4n) is 2.61. The maximum atomic E-state index is 14.1. The minimum Gasteiger partial charge on any atom is -0.371 e. The van der Waals surface area contributed by atoms with E-state index < -0.39 is 0 Å². The second kappa shape index (κ2) is 8.65. The summed E-state index contributed by atoms with van der Waals surface area (Å²) in [5.74, 6) is -0.168. The smallest absolute Gasteiger partial charge is 0.146 e. The summed E-state index contributed by atoms with van der Waals surface area (Å²) in [6.45, 7) is 3.27. The zero-order valence-electron chi connectivity index (χ0n) is 14.2. The molecule has 2 aromatic rings. The highest BCUT2D eigenvalue weighted by Crippen LogP contribution is 2.21. The molecule has 0 aliphatic rings. The molecule has 4 heteroatoms. The van der Waals surface area contributed by atoms with Gasteiger partial charge in [0.2, 0.25) is 0 Å². The molecule has 0 heterocycles. The molecule has 23 heavy (non-hydrogen) atoms. The van der Waals surface area contributed by atoms with Gasteiger partial charge in [-0.25, -0.2) is 4.39 Å². The number of hydrogen-bond acceptors (Lipinski definition) is 3. The standard InChI is InChI=1S/C19H26FN3/c1-21-11-12-23(3)19-13-17(9-10-18(19)20)15-22(2)14-16-7-5-4-6-8-16/h4-10,13,21H,11-12,14-15H2,1-3H3. The Hall–Kier alpha value is -1.91. The van der Waals surface area contributed by atoms with Crippen LogP contribution in [0.1, 0.15) is 11.1 Å². The van der Waals surface area contributed by atoms with E-state index in [0.29, 0.717) is 5.69 Å². The van der Waals surface area contributed by atoms with Gasteiger partial charge >= 0.3 is 0 Å². The quantitative estimate of drug-likeness (QED) is 0.807. The van der Waals surface area contributed by atoms with Crippen LogP contribution in [0.25, 0.3) is 0 Å². The minimum atomic E-state index is -0.168. The van der Waals surface area contributed by atoms with Crippen LogP contribution in [0.2, 0.25) is 0 Å². The number of nitrogens with zero attached hydrogens (tertiary/aromatic N) is 2. The highest BCUT2D eigenvalue weighted by atomic mass is 19.1. The second-order valence-corrected chi connectivity index (χ2v) is 5.97. The molecule has 0 bridgehead atoms. The average molecular weight is 315 g/mol. The van der Waals surface area contributed by atoms with Crippen LogP contribution < -0.4 is 10.2 Å². The van der Waals surface area contributed by atoms with Crippen molar-refractivity contribution in [3.63, 3.8) is 0 Å². The highest BCUT2D eigenvalue weighted by Gasteiger charge is 2.10. The van der Waals surface area contributed by atoms with Crippen molar-refractivity contribution in [2.24, 2.45) is 0 Å². The Morgan fingerprint density at radius 3 is 2.35 bits per heavy atom. The number of likely N-dealkylation sites (N-methyl/N-ethyl adjacent to an activating group) is 2.